The lowest BCUT2D eigenvalue weighted by Gasteiger charge is -2.11. The molecule has 10 heteroatoms. The minimum absolute atomic E-state index is 0.0273. The average Bonchev–Trinajstić information content (AvgIpc) is 3.47. The number of ketones is 1. The number of fused-ring (bicyclic) bond motifs is 2. The van der Waals surface area contributed by atoms with E-state index in [4.69, 9.17) is 9.47 Å². The first-order valence-corrected chi connectivity index (χ1v) is 12.2. The van der Waals surface area contributed by atoms with Crippen LogP contribution in [0.1, 0.15) is 27.1 Å². The second kappa shape index (κ2) is 9.64. The molecule has 5 aromatic rings. The van der Waals surface area contributed by atoms with Crippen molar-refractivity contribution in [2.45, 2.75) is 19.4 Å². The van der Waals surface area contributed by atoms with Crippen molar-refractivity contribution in [3.63, 3.8) is 0 Å². The summed E-state index contributed by atoms with van der Waals surface area (Å²) in [5.41, 5.74) is 1.10. The second-order valence-electron chi connectivity index (χ2n) is 9.00. The number of aromatic nitrogens is 4. The van der Waals surface area contributed by atoms with Gasteiger partial charge in [-0.25, -0.2) is 13.8 Å². The number of benzene rings is 2. The van der Waals surface area contributed by atoms with E-state index in [-0.39, 0.29) is 42.3 Å². The fourth-order valence-electron chi connectivity index (χ4n) is 4.79. The van der Waals surface area contributed by atoms with E-state index < -0.39 is 17.2 Å². The molecule has 0 fully saturated rings. The van der Waals surface area contributed by atoms with Gasteiger partial charge in [-0.2, -0.15) is 0 Å². The molecule has 2 aromatic carbocycles. The average molecular weight is 525 g/mol. The van der Waals surface area contributed by atoms with Crippen molar-refractivity contribution in [1.29, 1.82) is 0 Å². The summed E-state index contributed by atoms with van der Waals surface area (Å²) in [6.45, 7) is 0.195. The van der Waals surface area contributed by atoms with Gasteiger partial charge in [0.2, 0.25) is 5.91 Å². The highest BCUT2D eigenvalue weighted by Gasteiger charge is 2.32. The van der Waals surface area contributed by atoms with E-state index in [0.717, 1.165) is 0 Å². The summed E-state index contributed by atoms with van der Waals surface area (Å²) < 4.78 is 28.7. The molecular weight excluding hydrogens is 503 g/mol. The molecule has 1 aliphatic rings. The van der Waals surface area contributed by atoms with Crippen molar-refractivity contribution >= 4 is 22.6 Å². The SMILES string of the molecule is COc1ccc2c(Oc3ccc(CC(=O)c4c(-c5ccncc5)n5n(c4=O)CCC5=O)cc3F)ccnc2c1. The number of nitrogens with zero attached hydrogens (tertiary/aromatic N) is 4. The van der Waals surface area contributed by atoms with Crippen molar-refractivity contribution in [1.82, 2.24) is 19.3 Å². The Balaban J connectivity index is 1.30. The van der Waals surface area contributed by atoms with Gasteiger partial charge < -0.3 is 9.47 Å². The molecule has 0 unspecified atom stereocenters. The number of hydrogen-bond acceptors (Lipinski definition) is 7. The molecular formula is C29H21FN4O5. The van der Waals surface area contributed by atoms with Crippen LogP contribution in [0.15, 0.2) is 78.0 Å². The molecule has 0 spiro atoms. The van der Waals surface area contributed by atoms with Gasteiger partial charge in [0.1, 0.15) is 17.1 Å². The molecule has 0 bridgehead atoms. The van der Waals surface area contributed by atoms with Crippen LogP contribution in [0.25, 0.3) is 22.2 Å². The fourth-order valence-corrected chi connectivity index (χ4v) is 4.79. The molecule has 0 radical (unpaired) electrons. The van der Waals surface area contributed by atoms with Crippen molar-refractivity contribution in [2.75, 3.05) is 7.11 Å². The first-order valence-electron chi connectivity index (χ1n) is 12.2. The van der Waals surface area contributed by atoms with Gasteiger partial charge >= 0.3 is 0 Å². The lowest BCUT2D eigenvalue weighted by Crippen LogP contribution is -2.22. The van der Waals surface area contributed by atoms with Crippen LogP contribution < -0.4 is 15.0 Å². The summed E-state index contributed by atoms with van der Waals surface area (Å²) in [4.78, 5) is 47.4. The molecule has 0 atom stereocenters. The molecule has 0 N–H and O–H groups in total. The maximum absolute atomic E-state index is 15.1. The maximum atomic E-state index is 15.1. The summed E-state index contributed by atoms with van der Waals surface area (Å²) in [7, 11) is 1.56. The molecule has 0 saturated heterocycles. The summed E-state index contributed by atoms with van der Waals surface area (Å²) >= 11 is 0. The number of carbonyl (C=O) groups is 2. The quantitative estimate of drug-likeness (QED) is 0.285. The van der Waals surface area contributed by atoms with Gasteiger partial charge in [-0.3, -0.25) is 24.4 Å². The molecule has 3 aromatic heterocycles. The van der Waals surface area contributed by atoms with Gasteiger partial charge in [0.05, 0.1) is 24.9 Å². The smallest absolute Gasteiger partial charge is 0.278 e. The minimum Gasteiger partial charge on any atom is -0.497 e. The molecule has 39 heavy (non-hydrogen) atoms. The third kappa shape index (κ3) is 4.25. The highest BCUT2D eigenvalue weighted by molar-refractivity contribution is 6.04. The summed E-state index contributed by atoms with van der Waals surface area (Å²) in [5, 5.41) is 0.678. The Labute approximate surface area is 221 Å². The largest absolute Gasteiger partial charge is 0.497 e. The lowest BCUT2D eigenvalue weighted by atomic mass is 10.00. The number of carbonyl (C=O) groups excluding carboxylic acids is 2. The Bertz CT molecular complexity index is 1830. The van der Waals surface area contributed by atoms with Gasteiger partial charge in [-0.1, -0.05) is 6.07 Å². The molecule has 0 aliphatic carbocycles. The number of halogens is 1. The predicted octanol–water partition coefficient (Wildman–Crippen LogP) is 4.67. The Morgan fingerprint density at radius 1 is 1.00 bits per heavy atom. The summed E-state index contributed by atoms with van der Waals surface area (Å²) in [6.07, 6.45) is 4.54. The minimum atomic E-state index is -0.667. The van der Waals surface area contributed by atoms with Crippen LogP contribution in [-0.2, 0) is 13.0 Å². The number of pyridine rings is 2. The van der Waals surface area contributed by atoms with Gasteiger partial charge in [0.25, 0.3) is 5.56 Å². The Morgan fingerprint density at radius 2 is 1.82 bits per heavy atom. The van der Waals surface area contributed by atoms with E-state index in [1.807, 2.05) is 0 Å². The zero-order valence-electron chi connectivity index (χ0n) is 20.8. The zero-order valence-corrected chi connectivity index (χ0v) is 20.8. The fraction of sp³-hybridized carbons (Fsp3) is 0.138. The number of rotatable bonds is 7. The monoisotopic (exact) mass is 524 g/mol. The number of methoxy groups -OCH3 is 1. The van der Waals surface area contributed by atoms with Gasteiger partial charge in [0.15, 0.2) is 17.3 Å². The third-order valence-electron chi connectivity index (χ3n) is 6.64. The van der Waals surface area contributed by atoms with Crippen LogP contribution in [0, 0.1) is 5.82 Å². The van der Waals surface area contributed by atoms with Crippen LogP contribution in [0.4, 0.5) is 4.39 Å². The zero-order chi connectivity index (χ0) is 27.1. The van der Waals surface area contributed by atoms with Crippen molar-refractivity contribution in [2.24, 2.45) is 0 Å². The van der Waals surface area contributed by atoms with Crippen molar-refractivity contribution < 1.29 is 23.5 Å². The van der Waals surface area contributed by atoms with Crippen LogP contribution >= 0.6 is 0 Å². The molecule has 0 saturated carbocycles. The van der Waals surface area contributed by atoms with E-state index in [9.17, 15) is 14.4 Å². The van der Waals surface area contributed by atoms with E-state index in [1.165, 1.54) is 33.9 Å². The third-order valence-corrected chi connectivity index (χ3v) is 6.64. The highest BCUT2D eigenvalue weighted by atomic mass is 19.1. The Hall–Kier alpha value is -5.12. The standard InChI is InChI=1S/C29H21FN4O5/c1-38-19-3-4-20-22(16-19)32-12-8-24(20)39-25-5-2-17(14-21(25)30)15-23(35)27-28(18-6-10-31-11-7-18)34-26(36)9-13-33(34)29(27)37/h2-8,10-12,14,16H,9,13,15H2,1H3. The molecule has 6 rings (SSSR count). The summed E-state index contributed by atoms with van der Waals surface area (Å²) in [6, 6.07) is 14.4. The molecule has 4 heterocycles. The molecule has 194 valence electrons. The Kier molecular flexibility index (Phi) is 5.99. The van der Waals surface area contributed by atoms with Crippen molar-refractivity contribution in [3.05, 3.63) is 100 Å². The number of Topliss-reactive ketones (excluding diaryl/α,β-unsaturated/α-hetero) is 1. The first-order chi connectivity index (χ1) is 18.9. The van der Waals surface area contributed by atoms with E-state index in [0.29, 0.717) is 33.5 Å². The Morgan fingerprint density at radius 3 is 2.59 bits per heavy atom. The van der Waals surface area contributed by atoms with E-state index in [1.54, 1.807) is 55.8 Å². The first kappa shape index (κ1) is 24.2. The topological polar surface area (TPSA) is 105 Å². The van der Waals surface area contributed by atoms with Crippen LogP contribution in [0.5, 0.6) is 17.2 Å². The van der Waals surface area contributed by atoms with Crippen LogP contribution in [0.2, 0.25) is 0 Å². The maximum Gasteiger partial charge on any atom is 0.278 e. The lowest BCUT2D eigenvalue weighted by molar-refractivity contribution is 0.0918. The second-order valence-corrected chi connectivity index (χ2v) is 9.00. The van der Waals surface area contributed by atoms with Crippen LogP contribution in [0.3, 0.4) is 0 Å². The van der Waals surface area contributed by atoms with E-state index in [2.05, 4.69) is 9.97 Å². The van der Waals surface area contributed by atoms with Gasteiger partial charge in [-0.05, 0) is 48.0 Å². The van der Waals surface area contributed by atoms with Crippen molar-refractivity contribution in [3.8, 4) is 28.5 Å². The normalized spacial score (nSPS) is 12.5. The molecule has 9 nitrogen and oxygen atoms in total. The molecule has 1 aliphatic heterocycles. The number of ether oxygens (including phenoxy) is 2. The van der Waals surface area contributed by atoms with Crippen LogP contribution in [-0.4, -0.2) is 38.1 Å². The summed E-state index contributed by atoms with van der Waals surface area (Å²) in [5.74, 6) is -0.436. The van der Waals surface area contributed by atoms with E-state index >= 15 is 4.39 Å². The predicted molar refractivity (Wildman–Crippen MR) is 140 cm³/mol. The van der Waals surface area contributed by atoms with Gasteiger partial charge in [0, 0.05) is 48.4 Å². The molecule has 0 amide bonds. The number of hydrogen-bond donors (Lipinski definition) is 0. The highest BCUT2D eigenvalue weighted by Crippen LogP contribution is 2.33. The van der Waals surface area contributed by atoms with Gasteiger partial charge in [-0.15, -0.1) is 0 Å².